The molecule has 0 spiro atoms. The van der Waals surface area contributed by atoms with Gasteiger partial charge in [0.1, 0.15) is 0 Å². The number of carbonyl (C=O) groups is 2. The molecule has 2 aromatic rings. The number of carbonyl (C=O) groups excluding carboxylic acids is 2. The Morgan fingerprint density at radius 3 is 2.19 bits per heavy atom. The van der Waals surface area contributed by atoms with Crippen LogP contribution in [-0.2, 0) is 29.1 Å². The summed E-state index contributed by atoms with van der Waals surface area (Å²) in [6.07, 6.45) is -1.99. The molecule has 4 rings (SSSR count). The number of aryl methyl sites for hydroxylation is 1. The maximum Gasteiger partial charge on any atom is 0.255 e. The van der Waals surface area contributed by atoms with Crippen molar-refractivity contribution < 1.29 is 19.8 Å². The van der Waals surface area contributed by atoms with Crippen LogP contribution >= 0.6 is 0 Å². The first-order valence-electron chi connectivity index (χ1n) is 9.14. The first kappa shape index (κ1) is 17.7. The van der Waals surface area contributed by atoms with Crippen LogP contribution in [0, 0.1) is 0 Å². The van der Waals surface area contributed by atoms with Crippen LogP contribution in [0.15, 0.2) is 48.5 Å². The first-order chi connectivity index (χ1) is 13.0. The van der Waals surface area contributed by atoms with Crippen LogP contribution in [0.5, 0.6) is 0 Å². The van der Waals surface area contributed by atoms with Crippen LogP contribution in [0.2, 0.25) is 0 Å². The molecule has 6 nitrogen and oxygen atoms in total. The summed E-state index contributed by atoms with van der Waals surface area (Å²) in [4.78, 5) is 26.4. The second kappa shape index (κ2) is 7.13. The maximum atomic E-state index is 12.5. The summed E-state index contributed by atoms with van der Waals surface area (Å²) in [5.74, 6) is -1.37. The Morgan fingerprint density at radius 1 is 0.926 bits per heavy atom. The van der Waals surface area contributed by atoms with Gasteiger partial charge in [-0.05, 0) is 35.1 Å². The van der Waals surface area contributed by atoms with Crippen molar-refractivity contribution in [2.24, 2.45) is 0 Å². The lowest BCUT2D eigenvalue weighted by Gasteiger charge is -2.24. The minimum Gasteiger partial charge on any atom is -0.380 e. The second-order valence-electron chi connectivity index (χ2n) is 7.15. The zero-order valence-electron chi connectivity index (χ0n) is 14.8. The Morgan fingerprint density at radius 2 is 1.52 bits per heavy atom. The molecule has 0 fully saturated rings. The molecule has 2 aromatic carbocycles. The summed E-state index contributed by atoms with van der Waals surface area (Å²) in [5, 5.41) is 23.3. The number of hydrogen-bond acceptors (Lipinski definition) is 4. The predicted molar refractivity (Wildman–Crippen MR) is 98.4 cm³/mol. The van der Waals surface area contributed by atoms with E-state index >= 15 is 0 Å². The van der Waals surface area contributed by atoms with Gasteiger partial charge in [-0.15, -0.1) is 0 Å². The van der Waals surface area contributed by atoms with Crippen molar-refractivity contribution in [3.63, 3.8) is 0 Å². The molecule has 2 aliphatic rings. The number of benzene rings is 2. The lowest BCUT2D eigenvalue weighted by atomic mass is 10.1. The van der Waals surface area contributed by atoms with Crippen molar-refractivity contribution in [2.45, 2.75) is 44.2 Å². The summed E-state index contributed by atoms with van der Waals surface area (Å²) in [5.41, 5.74) is 4.22. The Hall–Kier alpha value is -2.70. The highest BCUT2D eigenvalue weighted by molar-refractivity contribution is 5.91. The molecule has 0 bridgehead atoms. The van der Waals surface area contributed by atoms with Gasteiger partial charge in [0.25, 0.3) is 11.8 Å². The topological polar surface area (TPSA) is 89.9 Å². The molecule has 1 aliphatic carbocycles. The number of nitrogens with zero attached hydrogens (tertiary/aromatic N) is 1. The largest absolute Gasteiger partial charge is 0.380 e. The van der Waals surface area contributed by atoms with Gasteiger partial charge >= 0.3 is 0 Å². The molecule has 0 saturated carbocycles. The molecule has 3 N–H and O–H groups in total. The molecule has 2 amide bonds. The van der Waals surface area contributed by atoms with Crippen molar-refractivity contribution in [3.8, 4) is 0 Å². The minimum atomic E-state index is -1.80. The lowest BCUT2D eigenvalue weighted by Crippen LogP contribution is -2.50. The number of nitrogens with one attached hydrogen (secondary N) is 1. The van der Waals surface area contributed by atoms with E-state index in [1.165, 1.54) is 10.5 Å². The normalized spacial score (nSPS) is 19.9. The van der Waals surface area contributed by atoms with E-state index in [-0.39, 0.29) is 6.04 Å². The van der Waals surface area contributed by atoms with Crippen LogP contribution in [0.4, 0.5) is 0 Å². The monoisotopic (exact) mass is 366 g/mol. The summed E-state index contributed by atoms with van der Waals surface area (Å²) < 4.78 is 0. The van der Waals surface area contributed by atoms with E-state index in [0.717, 1.165) is 29.5 Å². The number of aliphatic hydroxyl groups excluding tert-OH is 2. The van der Waals surface area contributed by atoms with E-state index in [4.69, 9.17) is 0 Å². The van der Waals surface area contributed by atoms with E-state index in [9.17, 15) is 19.8 Å². The standard InChI is InChI=1S/C21H22N2O4/c24-18(20(26)22-17-10-9-13-5-3-4-8-16(13)17)19(25)21(27)23-11-14-6-1-2-7-15(14)12-23/h1-8,17-19,24-25H,9-12H2,(H,22,26)/t17-,18-,19-/m1/s1. The van der Waals surface area contributed by atoms with Gasteiger partial charge < -0.3 is 20.4 Å². The summed E-state index contributed by atoms with van der Waals surface area (Å²) in [7, 11) is 0. The van der Waals surface area contributed by atoms with Crippen molar-refractivity contribution in [2.75, 3.05) is 0 Å². The van der Waals surface area contributed by atoms with Gasteiger partial charge in [-0.2, -0.15) is 0 Å². The lowest BCUT2D eigenvalue weighted by molar-refractivity contribution is -0.153. The summed E-state index contributed by atoms with van der Waals surface area (Å²) in [6.45, 7) is 0.743. The number of rotatable bonds is 4. The van der Waals surface area contributed by atoms with Crippen LogP contribution < -0.4 is 5.32 Å². The molecule has 140 valence electrons. The molecule has 0 aromatic heterocycles. The Balaban J connectivity index is 1.38. The van der Waals surface area contributed by atoms with Gasteiger partial charge in [0.2, 0.25) is 0 Å². The van der Waals surface area contributed by atoms with Gasteiger partial charge in [0, 0.05) is 13.1 Å². The highest BCUT2D eigenvalue weighted by Gasteiger charge is 2.36. The van der Waals surface area contributed by atoms with E-state index in [1.54, 1.807) is 0 Å². The van der Waals surface area contributed by atoms with Gasteiger partial charge in [0.05, 0.1) is 6.04 Å². The van der Waals surface area contributed by atoms with Crippen LogP contribution in [0.25, 0.3) is 0 Å². The quantitative estimate of drug-likeness (QED) is 0.755. The SMILES string of the molecule is O=C(N[C@@H]1CCc2ccccc21)[C@H](O)[C@@H](O)C(=O)N1Cc2ccccc2C1. The van der Waals surface area contributed by atoms with E-state index in [1.807, 2.05) is 48.5 Å². The Bertz CT molecular complexity index is 857. The zero-order valence-corrected chi connectivity index (χ0v) is 14.8. The van der Waals surface area contributed by atoms with Crippen LogP contribution in [0.1, 0.15) is 34.7 Å². The molecule has 0 radical (unpaired) electrons. The smallest absolute Gasteiger partial charge is 0.255 e. The van der Waals surface area contributed by atoms with Gasteiger partial charge in [0.15, 0.2) is 12.2 Å². The average Bonchev–Trinajstić information content (AvgIpc) is 3.30. The minimum absolute atomic E-state index is 0.207. The fourth-order valence-corrected chi connectivity index (χ4v) is 3.92. The van der Waals surface area contributed by atoms with Crippen molar-refractivity contribution in [1.82, 2.24) is 10.2 Å². The third-order valence-electron chi connectivity index (χ3n) is 5.42. The maximum absolute atomic E-state index is 12.5. The Kier molecular flexibility index (Phi) is 4.68. The van der Waals surface area contributed by atoms with Gasteiger partial charge in [-0.3, -0.25) is 9.59 Å². The van der Waals surface area contributed by atoms with E-state index in [0.29, 0.717) is 13.1 Å². The Labute approximate surface area is 157 Å². The predicted octanol–water partition coefficient (Wildman–Crippen LogP) is 1.05. The molecule has 0 unspecified atom stereocenters. The van der Waals surface area contributed by atoms with Gasteiger partial charge in [-0.25, -0.2) is 0 Å². The molecular weight excluding hydrogens is 344 g/mol. The van der Waals surface area contributed by atoms with Crippen LogP contribution in [0.3, 0.4) is 0 Å². The van der Waals surface area contributed by atoms with Crippen molar-refractivity contribution in [1.29, 1.82) is 0 Å². The summed E-state index contributed by atoms with van der Waals surface area (Å²) >= 11 is 0. The third kappa shape index (κ3) is 3.34. The molecule has 3 atom stereocenters. The number of amides is 2. The van der Waals surface area contributed by atoms with Crippen LogP contribution in [-0.4, -0.2) is 39.1 Å². The summed E-state index contributed by atoms with van der Waals surface area (Å²) in [6, 6.07) is 15.3. The second-order valence-corrected chi connectivity index (χ2v) is 7.15. The molecule has 0 saturated heterocycles. The van der Waals surface area contributed by atoms with E-state index in [2.05, 4.69) is 5.32 Å². The number of hydrogen-bond donors (Lipinski definition) is 3. The van der Waals surface area contributed by atoms with E-state index < -0.39 is 24.0 Å². The highest BCUT2D eigenvalue weighted by atomic mass is 16.3. The van der Waals surface area contributed by atoms with Crippen molar-refractivity contribution >= 4 is 11.8 Å². The number of fused-ring (bicyclic) bond motifs is 2. The highest BCUT2D eigenvalue weighted by Crippen LogP contribution is 2.31. The molecule has 27 heavy (non-hydrogen) atoms. The molecule has 1 aliphatic heterocycles. The van der Waals surface area contributed by atoms with Crippen molar-refractivity contribution in [3.05, 3.63) is 70.8 Å². The van der Waals surface area contributed by atoms with Gasteiger partial charge in [-0.1, -0.05) is 48.5 Å². The molecular formula is C21H22N2O4. The average molecular weight is 366 g/mol. The third-order valence-corrected chi connectivity index (χ3v) is 5.42. The molecule has 1 heterocycles. The number of aliphatic hydroxyl groups is 2. The fourth-order valence-electron chi connectivity index (χ4n) is 3.92. The molecule has 6 heteroatoms. The zero-order chi connectivity index (χ0) is 19.0. The first-order valence-corrected chi connectivity index (χ1v) is 9.14. The fraction of sp³-hybridized carbons (Fsp3) is 0.333.